The molecule has 8 nitrogen and oxygen atoms in total. The van der Waals surface area contributed by atoms with Crippen LogP contribution in [0.15, 0.2) is 59.1 Å². The molecular formula is C20H23N7O. The van der Waals surface area contributed by atoms with Crippen molar-refractivity contribution in [3.63, 3.8) is 0 Å². The molecule has 0 aromatic carbocycles. The Balaban J connectivity index is 1.98. The van der Waals surface area contributed by atoms with E-state index in [-0.39, 0.29) is 0 Å². The van der Waals surface area contributed by atoms with Crippen LogP contribution in [0.5, 0.6) is 5.75 Å². The molecule has 8 heteroatoms. The van der Waals surface area contributed by atoms with Crippen LogP contribution in [0, 0.1) is 6.92 Å². The first-order chi connectivity index (χ1) is 13.6. The molecule has 0 spiro atoms. The Morgan fingerprint density at radius 3 is 2.86 bits per heavy atom. The largest absolute Gasteiger partial charge is 0.492 e. The standard InChI is InChI=1S/C20H23N7O/c1-5-28-15-6-7-18(22-11-15)26-20(25-13(2)10-21-4)19-14(3)16(12-23-19)17-8-9-24-27-17/h6-12,23H,2,5H2,1,3-4H3,(H,24,27)(H,22,25,26). The summed E-state index contributed by atoms with van der Waals surface area (Å²) in [5, 5.41) is 10.2. The third-order valence-electron chi connectivity index (χ3n) is 3.99. The van der Waals surface area contributed by atoms with Gasteiger partial charge in [-0.2, -0.15) is 5.10 Å². The molecule has 0 radical (unpaired) electrons. The number of hydrogen-bond acceptors (Lipinski definition) is 5. The lowest BCUT2D eigenvalue weighted by Gasteiger charge is -2.10. The van der Waals surface area contributed by atoms with Gasteiger partial charge in [0.15, 0.2) is 11.7 Å². The van der Waals surface area contributed by atoms with E-state index in [0.717, 1.165) is 22.5 Å². The number of allylic oxidation sites excluding steroid dienone is 1. The Bertz CT molecular complexity index is 982. The van der Waals surface area contributed by atoms with Crippen molar-refractivity contribution >= 4 is 17.9 Å². The Labute approximate surface area is 163 Å². The highest BCUT2D eigenvalue weighted by atomic mass is 16.5. The van der Waals surface area contributed by atoms with Crippen LogP contribution in [-0.4, -0.2) is 45.9 Å². The van der Waals surface area contributed by atoms with Crippen molar-refractivity contribution in [1.82, 2.24) is 25.5 Å². The molecule has 144 valence electrons. The Morgan fingerprint density at radius 2 is 2.21 bits per heavy atom. The predicted octanol–water partition coefficient (Wildman–Crippen LogP) is 3.39. The molecular weight excluding hydrogens is 354 g/mol. The van der Waals surface area contributed by atoms with Crippen molar-refractivity contribution in [2.45, 2.75) is 13.8 Å². The van der Waals surface area contributed by atoms with Gasteiger partial charge in [-0.3, -0.25) is 10.1 Å². The molecule has 0 aliphatic rings. The van der Waals surface area contributed by atoms with E-state index in [1.165, 1.54) is 0 Å². The summed E-state index contributed by atoms with van der Waals surface area (Å²) in [6.45, 7) is 8.50. The molecule has 3 aromatic rings. The molecule has 0 saturated carbocycles. The molecule has 28 heavy (non-hydrogen) atoms. The van der Waals surface area contributed by atoms with Gasteiger partial charge >= 0.3 is 0 Å². The van der Waals surface area contributed by atoms with Crippen molar-refractivity contribution in [2.75, 3.05) is 13.7 Å². The normalized spacial score (nSPS) is 11.8. The van der Waals surface area contributed by atoms with Crippen molar-refractivity contribution in [3.8, 4) is 17.0 Å². The smallest absolute Gasteiger partial charge is 0.157 e. The fraction of sp³-hybridized carbons (Fsp3) is 0.200. The minimum absolute atomic E-state index is 0.546. The highest BCUT2D eigenvalue weighted by Gasteiger charge is 2.15. The van der Waals surface area contributed by atoms with Crippen LogP contribution >= 0.6 is 0 Å². The number of aromatic amines is 2. The van der Waals surface area contributed by atoms with Crippen LogP contribution in [0.1, 0.15) is 18.2 Å². The lowest BCUT2D eigenvalue weighted by atomic mass is 10.1. The van der Waals surface area contributed by atoms with Gasteiger partial charge in [0.05, 0.1) is 29.9 Å². The number of H-pyrrole nitrogens is 2. The second-order valence-corrected chi connectivity index (χ2v) is 5.96. The van der Waals surface area contributed by atoms with E-state index < -0.39 is 0 Å². The number of amidine groups is 1. The molecule has 0 bridgehead atoms. The highest BCUT2D eigenvalue weighted by molar-refractivity contribution is 6.04. The van der Waals surface area contributed by atoms with E-state index in [1.54, 1.807) is 31.7 Å². The summed E-state index contributed by atoms with van der Waals surface area (Å²) >= 11 is 0. The number of pyridine rings is 1. The highest BCUT2D eigenvalue weighted by Crippen LogP contribution is 2.25. The summed E-state index contributed by atoms with van der Waals surface area (Å²) in [5.74, 6) is 1.84. The summed E-state index contributed by atoms with van der Waals surface area (Å²) in [5.41, 5.74) is 4.39. The van der Waals surface area contributed by atoms with Gasteiger partial charge in [0.2, 0.25) is 0 Å². The topological polar surface area (TPSA) is 103 Å². The molecule has 0 unspecified atom stereocenters. The van der Waals surface area contributed by atoms with Crippen LogP contribution < -0.4 is 10.1 Å². The summed E-state index contributed by atoms with van der Waals surface area (Å²) in [7, 11) is 1.69. The average molecular weight is 377 g/mol. The maximum absolute atomic E-state index is 5.44. The number of nitrogens with one attached hydrogen (secondary N) is 3. The van der Waals surface area contributed by atoms with Gasteiger partial charge in [-0.05, 0) is 37.6 Å². The zero-order valence-electron chi connectivity index (χ0n) is 16.2. The van der Waals surface area contributed by atoms with Crippen molar-refractivity contribution in [3.05, 3.63) is 60.3 Å². The van der Waals surface area contributed by atoms with E-state index >= 15 is 0 Å². The van der Waals surface area contributed by atoms with Gasteiger partial charge in [-0.25, -0.2) is 9.98 Å². The first-order valence-corrected chi connectivity index (χ1v) is 8.86. The Kier molecular flexibility index (Phi) is 6.01. The number of nitrogens with zero attached hydrogens (tertiary/aromatic N) is 4. The van der Waals surface area contributed by atoms with Crippen LogP contribution in [0.25, 0.3) is 11.3 Å². The van der Waals surface area contributed by atoms with Gasteiger partial charge in [0.25, 0.3) is 0 Å². The van der Waals surface area contributed by atoms with E-state index in [0.29, 0.717) is 29.7 Å². The van der Waals surface area contributed by atoms with Gasteiger partial charge in [0, 0.05) is 31.2 Å². The van der Waals surface area contributed by atoms with Crippen molar-refractivity contribution < 1.29 is 4.74 Å². The number of aromatic nitrogens is 4. The van der Waals surface area contributed by atoms with E-state index in [1.807, 2.05) is 32.2 Å². The number of aliphatic imine (C=N–C) groups is 2. The lowest BCUT2D eigenvalue weighted by Crippen LogP contribution is -2.25. The van der Waals surface area contributed by atoms with Gasteiger partial charge in [-0.15, -0.1) is 0 Å². The number of rotatable bonds is 7. The van der Waals surface area contributed by atoms with Gasteiger partial charge in [-0.1, -0.05) is 6.58 Å². The van der Waals surface area contributed by atoms with Gasteiger partial charge < -0.3 is 15.0 Å². The zero-order chi connectivity index (χ0) is 19.9. The second-order valence-electron chi connectivity index (χ2n) is 5.96. The fourth-order valence-electron chi connectivity index (χ4n) is 2.72. The summed E-state index contributed by atoms with van der Waals surface area (Å²) < 4.78 is 5.44. The molecule has 3 N–H and O–H groups in total. The van der Waals surface area contributed by atoms with Gasteiger partial charge in [0.1, 0.15) is 5.75 Å². The predicted molar refractivity (Wildman–Crippen MR) is 111 cm³/mol. The van der Waals surface area contributed by atoms with E-state index in [2.05, 4.69) is 42.0 Å². The van der Waals surface area contributed by atoms with Crippen LogP contribution in [0.4, 0.5) is 5.82 Å². The lowest BCUT2D eigenvalue weighted by molar-refractivity contribution is 0.339. The van der Waals surface area contributed by atoms with Crippen LogP contribution in [0.2, 0.25) is 0 Å². The first-order valence-electron chi connectivity index (χ1n) is 8.86. The summed E-state index contributed by atoms with van der Waals surface area (Å²) in [4.78, 5) is 16.3. The third kappa shape index (κ3) is 4.35. The summed E-state index contributed by atoms with van der Waals surface area (Å²) in [6.07, 6.45) is 6.92. The minimum Gasteiger partial charge on any atom is -0.492 e. The molecule has 0 fully saturated rings. The molecule has 3 rings (SSSR count). The molecule has 3 heterocycles. The molecule has 0 aliphatic carbocycles. The second kappa shape index (κ2) is 8.81. The minimum atomic E-state index is 0.546. The molecule has 0 saturated heterocycles. The quantitative estimate of drug-likeness (QED) is 0.434. The first kappa shape index (κ1) is 19.1. The van der Waals surface area contributed by atoms with Crippen LogP contribution in [-0.2, 0) is 0 Å². The SMILES string of the molecule is C=C(C=NC)NC(=Nc1ccc(OCC)cn1)c1[nH]cc(-c2ccn[nH]2)c1C. The Hall–Kier alpha value is -3.68. The van der Waals surface area contributed by atoms with Crippen molar-refractivity contribution in [1.29, 1.82) is 0 Å². The number of ether oxygens (including phenoxy) is 1. The fourth-order valence-corrected chi connectivity index (χ4v) is 2.72. The molecule has 0 amide bonds. The monoisotopic (exact) mass is 377 g/mol. The maximum atomic E-state index is 5.44. The molecule has 0 aliphatic heterocycles. The number of hydrogen-bond donors (Lipinski definition) is 3. The van der Waals surface area contributed by atoms with E-state index in [4.69, 9.17) is 4.74 Å². The zero-order valence-corrected chi connectivity index (χ0v) is 16.2. The maximum Gasteiger partial charge on any atom is 0.157 e. The van der Waals surface area contributed by atoms with Crippen LogP contribution in [0.3, 0.4) is 0 Å². The summed E-state index contributed by atoms with van der Waals surface area (Å²) in [6, 6.07) is 5.56. The third-order valence-corrected chi connectivity index (χ3v) is 3.99. The Morgan fingerprint density at radius 1 is 1.36 bits per heavy atom. The average Bonchev–Trinajstić information content (AvgIpc) is 3.33. The van der Waals surface area contributed by atoms with E-state index in [9.17, 15) is 0 Å². The molecule has 3 aromatic heterocycles. The van der Waals surface area contributed by atoms with Crippen molar-refractivity contribution in [2.24, 2.45) is 9.98 Å². The molecule has 0 atom stereocenters.